The van der Waals surface area contributed by atoms with E-state index in [9.17, 15) is 4.79 Å². The molecule has 2 rings (SSSR count). The molecule has 0 aromatic heterocycles. The van der Waals surface area contributed by atoms with Gasteiger partial charge in [-0.15, -0.1) is 0 Å². The molecule has 0 N–H and O–H groups in total. The van der Waals surface area contributed by atoms with Crippen molar-refractivity contribution in [3.63, 3.8) is 0 Å². The zero-order valence-electron chi connectivity index (χ0n) is 13.0. The van der Waals surface area contributed by atoms with Crippen LogP contribution in [0.5, 0.6) is 11.5 Å². The molecule has 1 aliphatic rings. The standard InChI is InChI=1S/C17H25NO3/c1-3-15-6-4-5-9-18(15)10-11-21-16-8-7-14(13-19)12-17(16)20-2/h7-8,12-13,15H,3-6,9-11H2,1-2H3/t15-/m0/s1. The molecule has 116 valence electrons. The molecule has 1 aliphatic heterocycles. The zero-order chi connectivity index (χ0) is 15.1. The molecule has 0 unspecified atom stereocenters. The van der Waals surface area contributed by atoms with Crippen LogP contribution in [0, 0.1) is 0 Å². The van der Waals surface area contributed by atoms with Crippen molar-refractivity contribution in [2.45, 2.75) is 38.6 Å². The molecule has 0 spiro atoms. The van der Waals surface area contributed by atoms with E-state index in [1.165, 1.54) is 32.2 Å². The van der Waals surface area contributed by atoms with E-state index in [1.54, 1.807) is 25.3 Å². The van der Waals surface area contributed by atoms with Crippen LogP contribution in [0.3, 0.4) is 0 Å². The lowest BCUT2D eigenvalue weighted by Gasteiger charge is -2.35. The maximum absolute atomic E-state index is 10.8. The van der Waals surface area contributed by atoms with Gasteiger partial charge in [-0.05, 0) is 44.0 Å². The first-order valence-electron chi connectivity index (χ1n) is 7.78. The molecule has 0 saturated carbocycles. The Morgan fingerprint density at radius 1 is 1.33 bits per heavy atom. The summed E-state index contributed by atoms with van der Waals surface area (Å²) in [7, 11) is 1.59. The fraction of sp³-hybridized carbons (Fsp3) is 0.588. The average Bonchev–Trinajstić information content (AvgIpc) is 2.55. The normalized spacial score (nSPS) is 19.2. The molecular formula is C17H25NO3. The lowest BCUT2D eigenvalue weighted by atomic mass is 10.0. The van der Waals surface area contributed by atoms with Gasteiger partial charge in [-0.2, -0.15) is 0 Å². The second-order valence-electron chi connectivity index (χ2n) is 5.47. The molecule has 1 fully saturated rings. The van der Waals surface area contributed by atoms with Gasteiger partial charge in [0.05, 0.1) is 7.11 Å². The first-order valence-corrected chi connectivity index (χ1v) is 7.78. The van der Waals surface area contributed by atoms with E-state index < -0.39 is 0 Å². The zero-order valence-corrected chi connectivity index (χ0v) is 13.0. The molecule has 1 saturated heterocycles. The van der Waals surface area contributed by atoms with Crippen LogP contribution in [0.4, 0.5) is 0 Å². The third-order valence-electron chi connectivity index (χ3n) is 4.18. The van der Waals surface area contributed by atoms with Crippen molar-refractivity contribution in [2.24, 2.45) is 0 Å². The summed E-state index contributed by atoms with van der Waals surface area (Å²) in [6.07, 6.45) is 5.95. The van der Waals surface area contributed by atoms with Crippen molar-refractivity contribution in [1.82, 2.24) is 4.90 Å². The summed E-state index contributed by atoms with van der Waals surface area (Å²) >= 11 is 0. The lowest BCUT2D eigenvalue weighted by Crippen LogP contribution is -2.41. The Labute approximate surface area is 127 Å². The third-order valence-corrected chi connectivity index (χ3v) is 4.18. The van der Waals surface area contributed by atoms with Crippen LogP contribution in [0.2, 0.25) is 0 Å². The first-order chi connectivity index (χ1) is 10.3. The van der Waals surface area contributed by atoms with Crippen molar-refractivity contribution >= 4 is 6.29 Å². The van der Waals surface area contributed by atoms with Crippen molar-refractivity contribution in [1.29, 1.82) is 0 Å². The number of ether oxygens (including phenoxy) is 2. The molecule has 1 aromatic rings. The van der Waals surface area contributed by atoms with Gasteiger partial charge in [0.1, 0.15) is 12.9 Å². The second kappa shape index (κ2) is 8.03. The van der Waals surface area contributed by atoms with Crippen molar-refractivity contribution in [3.05, 3.63) is 23.8 Å². The summed E-state index contributed by atoms with van der Waals surface area (Å²) in [5, 5.41) is 0. The summed E-state index contributed by atoms with van der Waals surface area (Å²) in [5.74, 6) is 1.32. The quantitative estimate of drug-likeness (QED) is 0.723. The first kappa shape index (κ1) is 15.8. The second-order valence-corrected chi connectivity index (χ2v) is 5.47. The maximum Gasteiger partial charge on any atom is 0.161 e. The molecule has 0 aliphatic carbocycles. The molecule has 4 nitrogen and oxygen atoms in total. The molecule has 0 bridgehead atoms. The number of nitrogens with zero attached hydrogens (tertiary/aromatic N) is 1. The monoisotopic (exact) mass is 291 g/mol. The summed E-state index contributed by atoms with van der Waals surface area (Å²) < 4.78 is 11.1. The predicted molar refractivity (Wildman–Crippen MR) is 83.4 cm³/mol. The SMILES string of the molecule is CC[C@H]1CCCCN1CCOc1ccc(C=O)cc1OC. The Bertz CT molecular complexity index is 461. The summed E-state index contributed by atoms with van der Waals surface area (Å²) in [6.45, 7) is 5.01. The Morgan fingerprint density at radius 3 is 2.90 bits per heavy atom. The summed E-state index contributed by atoms with van der Waals surface area (Å²) in [6, 6.07) is 5.95. The smallest absolute Gasteiger partial charge is 0.161 e. The highest BCUT2D eigenvalue weighted by molar-refractivity contribution is 5.76. The van der Waals surface area contributed by atoms with Gasteiger partial charge >= 0.3 is 0 Å². The number of methoxy groups -OCH3 is 1. The number of carbonyl (C=O) groups is 1. The number of benzene rings is 1. The number of rotatable bonds is 7. The molecule has 1 heterocycles. The van der Waals surface area contributed by atoms with Gasteiger partial charge < -0.3 is 9.47 Å². The number of piperidine rings is 1. The van der Waals surface area contributed by atoms with Gasteiger partial charge in [-0.3, -0.25) is 9.69 Å². The van der Waals surface area contributed by atoms with E-state index in [0.717, 1.165) is 12.8 Å². The number of hydrogen-bond donors (Lipinski definition) is 0. The molecule has 4 heteroatoms. The van der Waals surface area contributed by atoms with Gasteiger partial charge in [-0.1, -0.05) is 13.3 Å². The number of carbonyl (C=O) groups excluding carboxylic acids is 1. The number of hydrogen-bond acceptors (Lipinski definition) is 4. The highest BCUT2D eigenvalue weighted by Gasteiger charge is 2.20. The van der Waals surface area contributed by atoms with Crippen LogP contribution in [-0.4, -0.2) is 44.0 Å². The van der Waals surface area contributed by atoms with Crippen molar-refractivity contribution < 1.29 is 14.3 Å². The van der Waals surface area contributed by atoms with Crippen LogP contribution in [0.1, 0.15) is 43.0 Å². The van der Waals surface area contributed by atoms with Crippen LogP contribution >= 0.6 is 0 Å². The van der Waals surface area contributed by atoms with Gasteiger partial charge in [0.15, 0.2) is 11.5 Å². The molecular weight excluding hydrogens is 266 g/mol. The largest absolute Gasteiger partial charge is 0.493 e. The van der Waals surface area contributed by atoms with Crippen molar-refractivity contribution in [3.8, 4) is 11.5 Å². The Balaban J connectivity index is 1.89. The number of aldehydes is 1. The lowest BCUT2D eigenvalue weighted by molar-refractivity contribution is 0.112. The van der Waals surface area contributed by atoms with E-state index in [0.29, 0.717) is 29.7 Å². The van der Waals surface area contributed by atoms with Crippen LogP contribution in [0.25, 0.3) is 0 Å². The summed E-state index contributed by atoms with van der Waals surface area (Å²) in [5.41, 5.74) is 0.598. The topological polar surface area (TPSA) is 38.8 Å². The predicted octanol–water partition coefficient (Wildman–Crippen LogP) is 3.15. The minimum atomic E-state index is 0.598. The summed E-state index contributed by atoms with van der Waals surface area (Å²) in [4.78, 5) is 13.3. The average molecular weight is 291 g/mol. The fourth-order valence-electron chi connectivity index (χ4n) is 2.97. The van der Waals surface area contributed by atoms with Gasteiger partial charge in [0, 0.05) is 18.2 Å². The van der Waals surface area contributed by atoms with E-state index >= 15 is 0 Å². The van der Waals surface area contributed by atoms with Crippen LogP contribution in [0.15, 0.2) is 18.2 Å². The highest BCUT2D eigenvalue weighted by atomic mass is 16.5. The molecule has 1 atom stereocenters. The Hall–Kier alpha value is -1.55. The van der Waals surface area contributed by atoms with E-state index in [1.807, 2.05) is 0 Å². The van der Waals surface area contributed by atoms with Crippen molar-refractivity contribution in [2.75, 3.05) is 26.8 Å². The Morgan fingerprint density at radius 2 is 2.19 bits per heavy atom. The molecule has 0 radical (unpaired) electrons. The molecule has 21 heavy (non-hydrogen) atoms. The van der Waals surface area contributed by atoms with E-state index in [4.69, 9.17) is 9.47 Å². The molecule has 1 aromatic carbocycles. The highest BCUT2D eigenvalue weighted by Crippen LogP contribution is 2.27. The van der Waals surface area contributed by atoms with Gasteiger partial charge in [0.2, 0.25) is 0 Å². The van der Waals surface area contributed by atoms with Gasteiger partial charge in [-0.25, -0.2) is 0 Å². The van der Waals surface area contributed by atoms with E-state index in [2.05, 4.69) is 11.8 Å². The number of likely N-dealkylation sites (tertiary alicyclic amines) is 1. The minimum absolute atomic E-state index is 0.598. The Kier molecular flexibility index (Phi) is 6.05. The van der Waals surface area contributed by atoms with Gasteiger partial charge in [0.25, 0.3) is 0 Å². The van der Waals surface area contributed by atoms with Crippen LogP contribution < -0.4 is 9.47 Å². The maximum atomic E-state index is 10.8. The van der Waals surface area contributed by atoms with Crippen LogP contribution in [-0.2, 0) is 0 Å². The third kappa shape index (κ3) is 4.21. The van der Waals surface area contributed by atoms with E-state index in [-0.39, 0.29) is 0 Å². The minimum Gasteiger partial charge on any atom is -0.493 e. The fourth-order valence-corrected chi connectivity index (χ4v) is 2.97. The molecule has 0 amide bonds.